The molecule has 0 atom stereocenters. The summed E-state index contributed by atoms with van der Waals surface area (Å²) in [6.07, 6.45) is -4.71. The Morgan fingerprint density at radius 3 is 2.21 bits per heavy atom. The number of nitrogens with one attached hydrogen (secondary N) is 1. The van der Waals surface area contributed by atoms with Crippen LogP contribution in [0.15, 0.2) is 77.7 Å². The van der Waals surface area contributed by atoms with Crippen molar-refractivity contribution in [2.24, 2.45) is 0 Å². The van der Waals surface area contributed by atoms with Gasteiger partial charge in [0.2, 0.25) is 5.91 Å². The molecule has 1 amide bonds. The minimum absolute atomic E-state index is 0.0984. The lowest BCUT2D eigenvalue weighted by molar-refractivity contribution is -0.137. The number of alkyl halides is 3. The van der Waals surface area contributed by atoms with E-state index in [1.165, 1.54) is 38.5 Å². The van der Waals surface area contributed by atoms with Crippen LogP contribution in [0.3, 0.4) is 0 Å². The molecule has 180 valence electrons. The van der Waals surface area contributed by atoms with Crippen LogP contribution in [-0.4, -0.2) is 35.1 Å². The van der Waals surface area contributed by atoms with E-state index in [-0.39, 0.29) is 22.1 Å². The Hall–Kier alpha value is -3.73. The summed E-state index contributed by atoms with van der Waals surface area (Å²) in [6.45, 7) is -0.771. The quantitative estimate of drug-likeness (QED) is 0.497. The molecule has 3 rings (SSSR count). The highest BCUT2D eigenvalue weighted by atomic mass is 32.2. The van der Waals surface area contributed by atoms with E-state index in [1.807, 2.05) is 0 Å². The zero-order valence-corrected chi connectivity index (χ0v) is 19.0. The highest BCUT2D eigenvalue weighted by Crippen LogP contribution is 2.35. The molecule has 0 aliphatic rings. The maximum atomic E-state index is 13.5. The number of rotatable bonds is 8. The van der Waals surface area contributed by atoms with Crippen LogP contribution in [0.4, 0.5) is 24.5 Å². The van der Waals surface area contributed by atoms with E-state index in [0.717, 1.165) is 12.1 Å². The van der Waals surface area contributed by atoms with Crippen molar-refractivity contribution >= 4 is 27.3 Å². The van der Waals surface area contributed by atoms with Crippen molar-refractivity contribution in [2.75, 3.05) is 30.4 Å². The minimum Gasteiger partial charge on any atom is -0.493 e. The SMILES string of the molecule is COc1ccc(S(=O)(=O)N(CC(=O)Nc2ccccc2)c2cccc(C(F)(F)F)c2)cc1OC. The Kier molecular flexibility index (Phi) is 7.35. The number of amides is 1. The van der Waals surface area contributed by atoms with Crippen LogP contribution in [-0.2, 0) is 21.0 Å². The van der Waals surface area contributed by atoms with Gasteiger partial charge in [0.25, 0.3) is 10.0 Å². The minimum atomic E-state index is -4.71. The average molecular weight is 494 g/mol. The number of hydrogen-bond donors (Lipinski definition) is 1. The molecular weight excluding hydrogens is 473 g/mol. The summed E-state index contributed by atoms with van der Waals surface area (Å²) in [5.74, 6) is -0.386. The number of para-hydroxylation sites is 1. The lowest BCUT2D eigenvalue weighted by atomic mass is 10.2. The number of hydrogen-bond acceptors (Lipinski definition) is 5. The van der Waals surface area contributed by atoms with Gasteiger partial charge in [0.15, 0.2) is 11.5 Å². The van der Waals surface area contributed by atoms with E-state index in [0.29, 0.717) is 16.1 Å². The molecule has 0 radical (unpaired) electrons. The first-order valence-electron chi connectivity index (χ1n) is 9.83. The molecule has 0 spiro atoms. The van der Waals surface area contributed by atoms with Gasteiger partial charge < -0.3 is 14.8 Å². The maximum Gasteiger partial charge on any atom is 0.416 e. The van der Waals surface area contributed by atoms with Gasteiger partial charge in [-0.05, 0) is 42.5 Å². The van der Waals surface area contributed by atoms with Crippen molar-refractivity contribution in [1.82, 2.24) is 0 Å². The summed E-state index contributed by atoms with van der Waals surface area (Å²) in [7, 11) is -1.81. The third kappa shape index (κ3) is 5.60. The monoisotopic (exact) mass is 494 g/mol. The predicted octanol–water partition coefficient (Wildman–Crippen LogP) is 4.56. The van der Waals surface area contributed by atoms with Gasteiger partial charge in [-0.25, -0.2) is 8.42 Å². The van der Waals surface area contributed by atoms with Gasteiger partial charge in [-0.1, -0.05) is 24.3 Å². The number of anilines is 2. The molecule has 0 aliphatic carbocycles. The smallest absolute Gasteiger partial charge is 0.416 e. The summed E-state index contributed by atoms with van der Waals surface area (Å²) >= 11 is 0. The molecule has 1 N–H and O–H groups in total. The molecular formula is C23H21F3N2O5S. The van der Waals surface area contributed by atoms with Crippen LogP contribution in [0.5, 0.6) is 11.5 Å². The van der Waals surface area contributed by atoms with Crippen molar-refractivity contribution in [3.8, 4) is 11.5 Å². The number of sulfonamides is 1. The van der Waals surface area contributed by atoms with Crippen molar-refractivity contribution in [1.29, 1.82) is 0 Å². The fourth-order valence-electron chi connectivity index (χ4n) is 3.11. The topological polar surface area (TPSA) is 84.9 Å². The molecule has 0 bridgehead atoms. The van der Waals surface area contributed by atoms with Gasteiger partial charge in [-0.2, -0.15) is 13.2 Å². The number of nitrogens with zero attached hydrogens (tertiary/aromatic N) is 1. The fourth-order valence-corrected chi connectivity index (χ4v) is 4.54. The van der Waals surface area contributed by atoms with Crippen LogP contribution in [0.1, 0.15) is 5.56 Å². The normalized spacial score (nSPS) is 11.6. The van der Waals surface area contributed by atoms with E-state index < -0.39 is 34.2 Å². The molecule has 0 fully saturated rings. The van der Waals surface area contributed by atoms with E-state index in [2.05, 4.69) is 5.32 Å². The van der Waals surface area contributed by atoms with Crippen LogP contribution >= 0.6 is 0 Å². The van der Waals surface area contributed by atoms with E-state index in [4.69, 9.17) is 9.47 Å². The summed E-state index contributed by atoms with van der Waals surface area (Å²) in [5, 5.41) is 2.54. The van der Waals surface area contributed by atoms with Gasteiger partial charge in [0.05, 0.1) is 30.4 Å². The van der Waals surface area contributed by atoms with Crippen LogP contribution in [0.2, 0.25) is 0 Å². The van der Waals surface area contributed by atoms with Crippen molar-refractivity contribution in [3.05, 3.63) is 78.4 Å². The molecule has 0 unspecified atom stereocenters. The lowest BCUT2D eigenvalue weighted by Gasteiger charge is -2.25. The van der Waals surface area contributed by atoms with E-state index in [1.54, 1.807) is 30.3 Å². The molecule has 11 heteroatoms. The van der Waals surface area contributed by atoms with Gasteiger partial charge in [-0.3, -0.25) is 9.10 Å². The van der Waals surface area contributed by atoms with Crippen LogP contribution in [0.25, 0.3) is 0 Å². The summed E-state index contributed by atoms with van der Waals surface area (Å²) in [5.41, 5.74) is -0.978. The van der Waals surface area contributed by atoms with Gasteiger partial charge in [-0.15, -0.1) is 0 Å². The van der Waals surface area contributed by atoms with E-state index >= 15 is 0 Å². The number of carbonyl (C=O) groups excluding carboxylic acids is 1. The zero-order chi connectivity index (χ0) is 24.9. The van der Waals surface area contributed by atoms with Gasteiger partial charge in [0.1, 0.15) is 6.54 Å². The van der Waals surface area contributed by atoms with Gasteiger partial charge in [0, 0.05) is 11.8 Å². The number of benzene rings is 3. The summed E-state index contributed by atoms with van der Waals surface area (Å²) in [4.78, 5) is 12.4. The second-order valence-electron chi connectivity index (χ2n) is 6.99. The number of ether oxygens (including phenoxy) is 2. The molecule has 0 aliphatic heterocycles. The second kappa shape index (κ2) is 10.0. The number of methoxy groups -OCH3 is 2. The Morgan fingerprint density at radius 2 is 1.59 bits per heavy atom. The number of halogens is 3. The Balaban J connectivity index is 2.06. The molecule has 0 aromatic heterocycles. The van der Waals surface area contributed by atoms with Crippen molar-refractivity contribution in [2.45, 2.75) is 11.1 Å². The highest BCUT2D eigenvalue weighted by molar-refractivity contribution is 7.92. The van der Waals surface area contributed by atoms with Gasteiger partial charge >= 0.3 is 6.18 Å². The summed E-state index contributed by atoms with van der Waals surface area (Å²) in [6, 6.07) is 15.7. The maximum absolute atomic E-state index is 13.5. The van der Waals surface area contributed by atoms with Crippen molar-refractivity contribution in [3.63, 3.8) is 0 Å². The van der Waals surface area contributed by atoms with Crippen LogP contribution in [0, 0.1) is 0 Å². The Morgan fingerprint density at radius 1 is 0.912 bits per heavy atom. The molecule has 3 aromatic rings. The highest BCUT2D eigenvalue weighted by Gasteiger charge is 2.33. The first-order valence-corrected chi connectivity index (χ1v) is 11.3. The molecule has 7 nitrogen and oxygen atoms in total. The van der Waals surface area contributed by atoms with Crippen molar-refractivity contribution < 1.29 is 35.9 Å². The molecule has 0 heterocycles. The predicted molar refractivity (Wildman–Crippen MR) is 121 cm³/mol. The van der Waals surface area contributed by atoms with E-state index in [9.17, 15) is 26.4 Å². The first-order chi connectivity index (χ1) is 16.1. The largest absolute Gasteiger partial charge is 0.493 e. The molecule has 0 saturated heterocycles. The Bertz CT molecular complexity index is 1270. The first kappa shape index (κ1) is 24.9. The average Bonchev–Trinajstić information content (AvgIpc) is 2.82. The lowest BCUT2D eigenvalue weighted by Crippen LogP contribution is -2.38. The summed E-state index contributed by atoms with van der Waals surface area (Å²) < 4.78 is 77.8. The second-order valence-corrected chi connectivity index (χ2v) is 8.85. The standard InChI is InChI=1S/C23H21F3N2O5S/c1-32-20-12-11-19(14-21(20)33-2)34(30,31)28(15-22(29)27-17-8-4-3-5-9-17)18-10-6-7-16(13-18)23(24,25)26/h3-14H,15H2,1-2H3,(H,27,29). The fraction of sp³-hybridized carbons (Fsp3) is 0.174. The van der Waals surface area contributed by atoms with Crippen LogP contribution < -0.4 is 19.1 Å². The molecule has 3 aromatic carbocycles. The zero-order valence-electron chi connectivity index (χ0n) is 18.2. The third-order valence-corrected chi connectivity index (χ3v) is 6.52. The molecule has 34 heavy (non-hydrogen) atoms. The third-order valence-electron chi connectivity index (χ3n) is 4.75. The molecule has 0 saturated carbocycles. The Labute approximate surface area is 194 Å². The number of carbonyl (C=O) groups is 1.